The smallest absolute Gasteiger partial charge is 0.340 e. The molecule has 0 heterocycles. The Kier molecular flexibility index (Phi) is 6.78. The fraction of sp³-hybridized carbons (Fsp3) is 0.176. The molecular formula is C17H14ClF2NO3S. The Bertz CT molecular complexity index is 784. The van der Waals surface area contributed by atoms with Crippen LogP contribution >= 0.6 is 23.4 Å². The van der Waals surface area contributed by atoms with E-state index in [1.54, 1.807) is 12.1 Å². The summed E-state index contributed by atoms with van der Waals surface area (Å²) in [5.74, 6) is -2.82. The fourth-order valence-corrected chi connectivity index (χ4v) is 2.85. The van der Waals surface area contributed by atoms with Crippen molar-refractivity contribution in [2.45, 2.75) is 5.75 Å². The lowest BCUT2D eigenvalue weighted by atomic mass is 10.1. The average molecular weight is 386 g/mol. The van der Waals surface area contributed by atoms with Gasteiger partial charge in [-0.05, 0) is 23.8 Å². The maximum absolute atomic E-state index is 13.8. The van der Waals surface area contributed by atoms with Crippen molar-refractivity contribution in [1.29, 1.82) is 0 Å². The van der Waals surface area contributed by atoms with E-state index in [9.17, 15) is 18.4 Å². The van der Waals surface area contributed by atoms with Crippen molar-refractivity contribution in [3.63, 3.8) is 0 Å². The largest absolute Gasteiger partial charge is 0.465 e. The molecule has 8 heteroatoms. The van der Waals surface area contributed by atoms with Crippen LogP contribution in [0, 0.1) is 11.6 Å². The molecule has 0 spiro atoms. The first-order chi connectivity index (χ1) is 11.9. The van der Waals surface area contributed by atoms with Gasteiger partial charge in [-0.3, -0.25) is 4.79 Å². The van der Waals surface area contributed by atoms with E-state index in [4.69, 9.17) is 11.6 Å². The molecule has 25 heavy (non-hydrogen) atoms. The van der Waals surface area contributed by atoms with Crippen molar-refractivity contribution in [2.75, 3.05) is 18.2 Å². The van der Waals surface area contributed by atoms with E-state index < -0.39 is 29.1 Å². The van der Waals surface area contributed by atoms with Crippen molar-refractivity contribution in [1.82, 2.24) is 0 Å². The quantitative estimate of drug-likeness (QED) is 0.754. The molecule has 2 rings (SSSR count). The molecule has 0 saturated carbocycles. The summed E-state index contributed by atoms with van der Waals surface area (Å²) in [5, 5.41) is 2.95. The molecular weight excluding hydrogens is 372 g/mol. The number of carbonyl (C=O) groups excluding carboxylic acids is 2. The molecule has 0 aliphatic carbocycles. The number of esters is 1. The molecule has 1 amide bonds. The highest BCUT2D eigenvalue weighted by atomic mass is 35.5. The Hall–Kier alpha value is -2.12. The van der Waals surface area contributed by atoms with Gasteiger partial charge in [0.25, 0.3) is 0 Å². The summed E-state index contributed by atoms with van der Waals surface area (Å²) >= 11 is 7.11. The van der Waals surface area contributed by atoms with E-state index in [1.165, 1.54) is 11.8 Å². The first kappa shape index (κ1) is 19.2. The molecule has 0 saturated heterocycles. The molecule has 0 aliphatic heterocycles. The number of methoxy groups -OCH3 is 1. The number of anilines is 1. The lowest BCUT2D eigenvalue weighted by Gasteiger charge is -2.09. The highest BCUT2D eigenvalue weighted by Gasteiger charge is 2.17. The molecule has 0 fully saturated rings. The van der Waals surface area contributed by atoms with Crippen LogP contribution in [0.1, 0.15) is 15.9 Å². The first-order valence-corrected chi connectivity index (χ1v) is 8.63. The van der Waals surface area contributed by atoms with Crippen LogP contribution in [0.4, 0.5) is 14.5 Å². The zero-order chi connectivity index (χ0) is 18.4. The minimum atomic E-state index is -1.06. The molecule has 2 aromatic rings. The van der Waals surface area contributed by atoms with Crippen LogP contribution in [0.5, 0.6) is 0 Å². The Morgan fingerprint density at radius 1 is 1.16 bits per heavy atom. The summed E-state index contributed by atoms with van der Waals surface area (Å²) < 4.78 is 31.7. The normalized spacial score (nSPS) is 10.4. The molecule has 0 atom stereocenters. The third-order valence-corrected chi connectivity index (χ3v) is 4.41. The number of ether oxygens (including phenoxy) is 1. The number of benzene rings is 2. The lowest BCUT2D eigenvalue weighted by molar-refractivity contribution is -0.113. The fourth-order valence-electron chi connectivity index (χ4n) is 1.94. The van der Waals surface area contributed by atoms with E-state index >= 15 is 0 Å². The Labute approximate surface area is 152 Å². The third kappa shape index (κ3) is 5.44. The van der Waals surface area contributed by atoms with Crippen LogP contribution in [0.3, 0.4) is 0 Å². The van der Waals surface area contributed by atoms with Gasteiger partial charge < -0.3 is 10.1 Å². The highest BCUT2D eigenvalue weighted by Crippen LogP contribution is 2.21. The number of rotatable bonds is 6. The van der Waals surface area contributed by atoms with Gasteiger partial charge in [-0.2, -0.15) is 0 Å². The van der Waals surface area contributed by atoms with E-state index in [1.807, 2.05) is 12.1 Å². The number of hydrogen-bond donors (Lipinski definition) is 1. The Balaban J connectivity index is 1.95. The second-order valence-electron chi connectivity index (χ2n) is 4.97. The maximum Gasteiger partial charge on any atom is 0.340 e. The standard InChI is InChI=1S/C17H14ClF2NO3S/c1-24-17(23)12-6-15(14(20)7-13(12)19)21-16(22)9-25-8-10-2-4-11(18)5-3-10/h2-7H,8-9H2,1H3,(H,21,22). The molecule has 2 aromatic carbocycles. The monoisotopic (exact) mass is 385 g/mol. The Morgan fingerprint density at radius 3 is 2.48 bits per heavy atom. The van der Waals surface area contributed by atoms with Crippen molar-refractivity contribution >= 4 is 40.9 Å². The van der Waals surface area contributed by atoms with Crippen LogP contribution in [0.25, 0.3) is 0 Å². The summed E-state index contributed by atoms with van der Waals surface area (Å²) in [4.78, 5) is 23.3. The van der Waals surface area contributed by atoms with Gasteiger partial charge in [-0.25, -0.2) is 13.6 Å². The van der Waals surface area contributed by atoms with Crippen molar-refractivity contribution in [3.8, 4) is 0 Å². The molecule has 1 N–H and O–H groups in total. The number of hydrogen-bond acceptors (Lipinski definition) is 4. The van der Waals surface area contributed by atoms with Crippen molar-refractivity contribution in [2.24, 2.45) is 0 Å². The van der Waals surface area contributed by atoms with Gasteiger partial charge in [0.1, 0.15) is 11.6 Å². The van der Waals surface area contributed by atoms with Gasteiger partial charge in [0.15, 0.2) is 0 Å². The van der Waals surface area contributed by atoms with Gasteiger partial charge in [-0.15, -0.1) is 11.8 Å². The van der Waals surface area contributed by atoms with Crippen LogP contribution in [-0.2, 0) is 15.3 Å². The van der Waals surface area contributed by atoms with Crippen molar-refractivity contribution in [3.05, 3.63) is 64.2 Å². The zero-order valence-electron chi connectivity index (χ0n) is 13.1. The Morgan fingerprint density at radius 2 is 1.84 bits per heavy atom. The number of amides is 1. The summed E-state index contributed by atoms with van der Waals surface area (Å²) in [6, 6.07) is 8.63. The lowest BCUT2D eigenvalue weighted by Crippen LogP contribution is -2.16. The van der Waals surface area contributed by atoms with Crippen LogP contribution in [-0.4, -0.2) is 24.7 Å². The molecule has 132 valence electrons. The first-order valence-electron chi connectivity index (χ1n) is 7.10. The second-order valence-corrected chi connectivity index (χ2v) is 6.39. The SMILES string of the molecule is COC(=O)c1cc(NC(=O)CSCc2ccc(Cl)cc2)c(F)cc1F. The average Bonchev–Trinajstić information content (AvgIpc) is 2.58. The van der Waals surface area contributed by atoms with E-state index in [0.29, 0.717) is 16.8 Å². The molecule has 0 unspecified atom stereocenters. The second kappa shape index (κ2) is 8.82. The number of carbonyl (C=O) groups is 2. The zero-order valence-corrected chi connectivity index (χ0v) is 14.7. The molecule has 0 aliphatic rings. The minimum Gasteiger partial charge on any atom is -0.465 e. The van der Waals surface area contributed by atoms with Crippen LogP contribution < -0.4 is 5.32 Å². The van der Waals surface area contributed by atoms with Gasteiger partial charge in [0.2, 0.25) is 5.91 Å². The van der Waals surface area contributed by atoms with Gasteiger partial charge in [0.05, 0.1) is 24.1 Å². The predicted octanol–water partition coefficient (Wildman–Crippen LogP) is 4.28. The van der Waals surface area contributed by atoms with Gasteiger partial charge in [-0.1, -0.05) is 23.7 Å². The maximum atomic E-state index is 13.8. The van der Waals surface area contributed by atoms with Crippen LogP contribution in [0.2, 0.25) is 5.02 Å². The molecule has 0 bridgehead atoms. The molecule has 0 aromatic heterocycles. The predicted molar refractivity (Wildman–Crippen MR) is 93.9 cm³/mol. The topological polar surface area (TPSA) is 55.4 Å². The highest BCUT2D eigenvalue weighted by molar-refractivity contribution is 7.99. The van der Waals surface area contributed by atoms with Gasteiger partial charge in [0, 0.05) is 16.8 Å². The van der Waals surface area contributed by atoms with Gasteiger partial charge >= 0.3 is 5.97 Å². The molecule has 0 radical (unpaired) electrons. The number of nitrogens with one attached hydrogen (secondary N) is 1. The number of thioether (sulfide) groups is 1. The van der Waals surface area contributed by atoms with E-state index in [0.717, 1.165) is 18.7 Å². The number of halogens is 3. The summed E-state index contributed by atoms with van der Waals surface area (Å²) in [5.41, 5.74) is 0.259. The van der Waals surface area contributed by atoms with Crippen LogP contribution in [0.15, 0.2) is 36.4 Å². The third-order valence-electron chi connectivity index (χ3n) is 3.15. The summed E-state index contributed by atoms with van der Waals surface area (Å²) in [6.07, 6.45) is 0. The minimum absolute atomic E-state index is 0.0625. The van der Waals surface area contributed by atoms with Crippen molar-refractivity contribution < 1.29 is 23.1 Å². The summed E-state index contributed by atoms with van der Waals surface area (Å²) in [7, 11) is 1.08. The molecule has 4 nitrogen and oxygen atoms in total. The summed E-state index contributed by atoms with van der Waals surface area (Å²) in [6.45, 7) is 0. The van der Waals surface area contributed by atoms with E-state index in [2.05, 4.69) is 10.1 Å². The van der Waals surface area contributed by atoms with E-state index in [-0.39, 0.29) is 11.4 Å².